The first kappa shape index (κ1) is 10.7. The maximum Gasteiger partial charge on any atom is 0.184 e. The normalized spacial score (nSPS) is 37.9. The number of ketones is 1. The topological polar surface area (TPSA) is 30.0 Å². The lowest BCUT2D eigenvalue weighted by Gasteiger charge is -2.54. The van der Waals surface area contributed by atoms with Gasteiger partial charge in [-0.25, -0.2) is 0 Å². The van der Waals surface area contributed by atoms with Crippen molar-refractivity contribution in [2.24, 2.45) is 11.8 Å². The van der Waals surface area contributed by atoms with Crippen LogP contribution in [-0.4, -0.2) is 10.8 Å². The van der Waals surface area contributed by atoms with Gasteiger partial charge in [-0.15, -0.1) is 0 Å². The summed E-state index contributed by atoms with van der Waals surface area (Å²) in [7, 11) is 0. The van der Waals surface area contributed by atoms with Gasteiger partial charge in [-0.05, 0) is 43.2 Å². The maximum atomic E-state index is 12.6. The van der Waals surface area contributed by atoms with Crippen molar-refractivity contribution < 1.29 is 4.79 Å². The van der Waals surface area contributed by atoms with Gasteiger partial charge in [0.15, 0.2) is 5.78 Å². The van der Waals surface area contributed by atoms with Crippen LogP contribution in [0.1, 0.15) is 61.0 Å². The van der Waals surface area contributed by atoms with Crippen molar-refractivity contribution in [2.75, 3.05) is 0 Å². The highest BCUT2D eigenvalue weighted by Gasteiger charge is 2.54. The number of aromatic nitrogens is 1. The highest BCUT2D eigenvalue weighted by Crippen LogP contribution is 2.58. The number of pyridine rings is 1. The number of rotatable bonds is 0. The van der Waals surface area contributed by atoms with Gasteiger partial charge in [0, 0.05) is 17.5 Å². The first-order valence-electron chi connectivity index (χ1n) is 7.33. The molecule has 2 bridgehead atoms. The Kier molecular flexibility index (Phi) is 2.18. The van der Waals surface area contributed by atoms with Gasteiger partial charge in [0.1, 0.15) is 5.69 Å². The Morgan fingerprint density at radius 3 is 3.00 bits per heavy atom. The highest BCUT2D eigenvalue weighted by atomic mass is 16.1. The van der Waals surface area contributed by atoms with Crippen LogP contribution in [0, 0.1) is 11.8 Å². The van der Waals surface area contributed by atoms with Crippen molar-refractivity contribution in [1.29, 1.82) is 0 Å². The average Bonchev–Trinajstić information content (AvgIpc) is 2.45. The molecule has 0 spiro atoms. The van der Waals surface area contributed by atoms with Crippen LogP contribution in [-0.2, 0) is 5.41 Å². The quantitative estimate of drug-likeness (QED) is 0.695. The van der Waals surface area contributed by atoms with E-state index < -0.39 is 0 Å². The third-order valence-electron chi connectivity index (χ3n) is 5.64. The second-order valence-electron chi connectivity index (χ2n) is 6.27. The molecule has 3 atom stereocenters. The maximum absolute atomic E-state index is 12.6. The predicted molar refractivity (Wildman–Crippen MR) is 69.5 cm³/mol. The molecule has 3 aliphatic carbocycles. The van der Waals surface area contributed by atoms with Crippen LogP contribution in [0.25, 0.3) is 0 Å². The van der Waals surface area contributed by atoms with Crippen LogP contribution >= 0.6 is 0 Å². The molecule has 18 heavy (non-hydrogen) atoms. The number of nitrogens with zero attached hydrogens (tertiary/aromatic N) is 1. The standard InChI is InChI=1S/C16H19NO/c18-15-11-5-3-9-16(8-2-1-6-12(11)16)13-7-4-10-17-14(13)15/h4,7,10-12H,1-3,5-6,8-9H2/t11-,12-,16+/m1/s1. The van der Waals surface area contributed by atoms with E-state index in [-0.39, 0.29) is 5.92 Å². The molecule has 2 saturated carbocycles. The molecule has 0 N–H and O–H groups in total. The van der Waals surface area contributed by atoms with Crippen molar-refractivity contribution in [3.05, 3.63) is 29.6 Å². The van der Waals surface area contributed by atoms with Gasteiger partial charge in [0.05, 0.1) is 0 Å². The minimum absolute atomic E-state index is 0.279. The summed E-state index contributed by atoms with van der Waals surface area (Å²) in [6.45, 7) is 0. The van der Waals surface area contributed by atoms with E-state index in [9.17, 15) is 4.79 Å². The molecule has 0 radical (unpaired) electrons. The van der Waals surface area contributed by atoms with Gasteiger partial charge in [0.2, 0.25) is 0 Å². The Hall–Kier alpha value is -1.18. The Morgan fingerprint density at radius 1 is 1.17 bits per heavy atom. The van der Waals surface area contributed by atoms with E-state index in [1.54, 1.807) is 6.20 Å². The molecular formula is C16H19NO. The van der Waals surface area contributed by atoms with Gasteiger partial charge in [0.25, 0.3) is 0 Å². The van der Waals surface area contributed by atoms with Crippen LogP contribution in [0.5, 0.6) is 0 Å². The molecule has 1 heterocycles. The van der Waals surface area contributed by atoms with Crippen molar-refractivity contribution in [3.8, 4) is 0 Å². The van der Waals surface area contributed by atoms with E-state index in [1.165, 1.54) is 44.1 Å². The monoisotopic (exact) mass is 241 g/mol. The van der Waals surface area contributed by atoms with Gasteiger partial charge >= 0.3 is 0 Å². The molecule has 0 unspecified atom stereocenters. The van der Waals surface area contributed by atoms with Crippen molar-refractivity contribution in [3.63, 3.8) is 0 Å². The molecule has 2 heteroatoms. The Labute approximate surface area is 108 Å². The second-order valence-corrected chi connectivity index (χ2v) is 6.27. The van der Waals surface area contributed by atoms with E-state index in [4.69, 9.17) is 0 Å². The molecule has 0 aliphatic heterocycles. The lowest BCUT2D eigenvalue weighted by atomic mass is 9.49. The summed E-state index contributed by atoms with van der Waals surface area (Å²) < 4.78 is 0. The molecule has 1 aromatic rings. The van der Waals surface area contributed by atoms with Crippen LogP contribution in [0.3, 0.4) is 0 Å². The Morgan fingerprint density at radius 2 is 2.06 bits per heavy atom. The number of carbonyl (C=O) groups excluding carboxylic acids is 1. The second kappa shape index (κ2) is 3.66. The third-order valence-corrected chi connectivity index (χ3v) is 5.64. The van der Waals surface area contributed by atoms with Crippen LogP contribution < -0.4 is 0 Å². The van der Waals surface area contributed by atoms with E-state index in [0.29, 0.717) is 17.1 Å². The van der Waals surface area contributed by atoms with Crippen molar-refractivity contribution in [1.82, 2.24) is 4.98 Å². The fourth-order valence-electron chi connectivity index (χ4n) is 4.96. The fraction of sp³-hybridized carbons (Fsp3) is 0.625. The zero-order chi connectivity index (χ0) is 12.2. The molecule has 1 aromatic heterocycles. The molecule has 0 amide bonds. The molecule has 4 rings (SSSR count). The SMILES string of the molecule is O=C1c2ncccc2[C@]23CCCC[C@@H]2[C@H]1CCC3. The summed E-state index contributed by atoms with van der Waals surface area (Å²) in [5.41, 5.74) is 2.40. The molecule has 2 nitrogen and oxygen atoms in total. The minimum Gasteiger partial charge on any atom is -0.292 e. The first-order chi connectivity index (χ1) is 8.83. The first-order valence-corrected chi connectivity index (χ1v) is 7.33. The lowest BCUT2D eigenvalue weighted by molar-refractivity contribution is 0.0402. The molecule has 94 valence electrons. The number of fused-ring (bicyclic) bond motifs is 1. The Balaban J connectivity index is 1.97. The lowest BCUT2D eigenvalue weighted by Crippen LogP contribution is -2.52. The smallest absolute Gasteiger partial charge is 0.184 e. The summed E-state index contributed by atoms with van der Waals surface area (Å²) in [6, 6.07) is 4.20. The van der Waals surface area contributed by atoms with Gasteiger partial charge < -0.3 is 0 Å². The summed E-state index contributed by atoms with van der Waals surface area (Å²) in [4.78, 5) is 17.0. The fourth-order valence-corrected chi connectivity index (χ4v) is 4.96. The van der Waals surface area contributed by atoms with Crippen molar-refractivity contribution in [2.45, 2.75) is 50.4 Å². The molecular weight excluding hydrogens is 222 g/mol. The predicted octanol–water partition coefficient (Wildman–Crippen LogP) is 3.51. The largest absolute Gasteiger partial charge is 0.292 e. The van der Waals surface area contributed by atoms with Crippen LogP contribution in [0.2, 0.25) is 0 Å². The molecule has 0 aromatic carbocycles. The average molecular weight is 241 g/mol. The van der Waals surface area contributed by atoms with Crippen LogP contribution in [0.15, 0.2) is 18.3 Å². The van der Waals surface area contributed by atoms with E-state index in [2.05, 4.69) is 11.1 Å². The summed E-state index contributed by atoms with van der Waals surface area (Å²) in [6.07, 6.45) is 10.6. The van der Waals surface area contributed by atoms with E-state index in [1.807, 2.05) is 6.07 Å². The zero-order valence-electron chi connectivity index (χ0n) is 10.7. The number of hydrogen-bond acceptors (Lipinski definition) is 2. The van der Waals surface area contributed by atoms with E-state index in [0.717, 1.165) is 12.1 Å². The summed E-state index contributed by atoms with van der Waals surface area (Å²) in [5.74, 6) is 1.23. The summed E-state index contributed by atoms with van der Waals surface area (Å²) >= 11 is 0. The molecule has 2 fully saturated rings. The zero-order valence-corrected chi connectivity index (χ0v) is 10.7. The molecule has 3 aliphatic rings. The molecule has 0 saturated heterocycles. The van der Waals surface area contributed by atoms with Gasteiger partial charge in [-0.3, -0.25) is 9.78 Å². The van der Waals surface area contributed by atoms with Crippen molar-refractivity contribution >= 4 is 5.78 Å². The Bertz CT molecular complexity index is 506. The number of carbonyl (C=O) groups is 1. The minimum atomic E-state index is 0.279. The third kappa shape index (κ3) is 1.19. The number of Topliss-reactive ketones (excluding diaryl/α,β-unsaturated/α-hetero) is 1. The highest BCUT2D eigenvalue weighted by molar-refractivity contribution is 5.99. The van der Waals surface area contributed by atoms with Gasteiger partial charge in [-0.2, -0.15) is 0 Å². The summed E-state index contributed by atoms with van der Waals surface area (Å²) in [5, 5.41) is 0. The van der Waals surface area contributed by atoms with E-state index >= 15 is 0 Å². The van der Waals surface area contributed by atoms with Gasteiger partial charge in [-0.1, -0.05) is 25.3 Å². The van der Waals surface area contributed by atoms with Crippen LogP contribution in [0.4, 0.5) is 0 Å². The number of hydrogen-bond donors (Lipinski definition) is 0.